The molecule has 1 aliphatic carbocycles. The smallest absolute Gasteiger partial charge is 0.256 e. The van der Waals surface area contributed by atoms with Crippen LogP contribution in [0.5, 0.6) is 0 Å². The second kappa shape index (κ2) is 5.78. The van der Waals surface area contributed by atoms with Gasteiger partial charge in [-0.05, 0) is 37.0 Å². The van der Waals surface area contributed by atoms with Gasteiger partial charge in [-0.3, -0.25) is 9.59 Å². The number of aromatic nitrogens is 1. The zero-order valence-electron chi connectivity index (χ0n) is 13.7. The van der Waals surface area contributed by atoms with Gasteiger partial charge in [-0.15, -0.1) is 0 Å². The average molecular weight is 320 g/mol. The van der Waals surface area contributed by atoms with Gasteiger partial charge in [-0.1, -0.05) is 31.5 Å². The Hall–Kier alpha value is -2.62. The highest BCUT2D eigenvalue weighted by atomic mass is 16.2. The molecule has 2 N–H and O–H groups in total. The number of ketones is 1. The van der Waals surface area contributed by atoms with Crippen molar-refractivity contribution in [3.05, 3.63) is 52.3 Å². The van der Waals surface area contributed by atoms with Crippen LogP contribution < -0.4 is 5.32 Å². The Bertz CT molecular complexity index is 874. The first-order chi connectivity index (χ1) is 11.7. The zero-order chi connectivity index (χ0) is 16.7. The molecule has 0 spiro atoms. The topological polar surface area (TPSA) is 62.0 Å². The molecule has 4 heteroatoms. The van der Waals surface area contributed by atoms with Gasteiger partial charge in [-0.25, -0.2) is 0 Å². The maximum atomic E-state index is 12.4. The monoisotopic (exact) mass is 320 g/mol. The highest BCUT2D eigenvalue weighted by Crippen LogP contribution is 2.35. The van der Waals surface area contributed by atoms with Crippen molar-refractivity contribution in [2.75, 3.05) is 5.32 Å². The number of nitrogens with one attached hydrogen (secondary N) is 2. The van der Waals surface area contributed by atoms with Gasteiger partial charge < -0.3 is 10.3 Å². The number of aryl methyl sites for hydroxylation is 1. The number of hydrogen-bond donors (Lipinski definition) is 2. The SMILES string of the molecule is CCCc1c(/C=C2\C(=O)Nc3ccccc32)[nH]c2c1C(=O)CCC2. The lowest BCUT2D eigenvalue weighted by atomic mass is 9.91. The Morgan fingerprint density at radius 3 is 2.83 bits per heavy atom. The first-order valence-corrected chi connectivity index (χ1v) is 8.58. The summed E-state index contributed by atoms with van der Waals surface area (Å²) in [6, 6.07) is 7.70. The molecule has 2 aliphatic rings. The third-order valence-corrected chi connectivity index (χ3v) is 4.82. The minimum absolute atomic E-state index is 0.0856. The first kappa shape index (κ1) is 14.9. The Morgan fingerprint density at radius 2 is 2.00 bits per heavy atom. The maximum absolute atomic E-state index is 12.4. The normalized spacial score (nSPS) is 17.8. The lowest BCUT2D eigenvalue weighted by Crippen LogP contribution is -2.11. The molecule has 2 aromatic rings. The average Bonchev–Trinajstić information content (AvgIpc) is 3.08. The van der Waals surface area contributed by atoms with Crippen molar-refractivity contribution >= 4 is 29.0 Å². The van der Waals surface area contributed by atoms with Gasteiger partial charge in [0.2, 0.25) is 0 Å². The van der Waals surface area contributed by atoms with Crippen molar-refractivity contribution in [3.63, 3.8) is 0 Å². The van der Waals surface area contributed by atoms with Gasteiger partial charge in [0.25, 0.3) is 5.91 Å². The standard InChI is InChI=1S/C20H20N2O2/c1-2-6-13-17(21-16-9-5-10-18(23)19(13)16)11-14-12-7-3-4-8-15(12)22-20(14)24/h3-4,7-8,11,21H,2,5-6,9-10H2,1H3,(H,22,24)/b14-11-. The molecular weight excluding hydrogens is 300 g/mol. The molecule has 1 aromatic carbocycles. The van der Waals surface area contributed by atoms with Crippen molar-refractivity contribution in [1.29, 1.82) is 0 Å². The van der Waals surface area contributed by atoms with E-state index in [9.17, 15) is 9.59 Å². The van der Waals surface area contributed by atoms with E-state index in [4.69, 9.17) is 0 Å². The summed E-state index contributed by atoms with van der Waals surface area (Å²) in [7, 11) is 0. The van der Waals surface area contributed by atoms with Crippen molar-refractivity contribution in [2.24, 2.45) is 0 Å². The molecular formula is C20H20N2O2. The second-order valence-corrected chi connectivity index (χ2v) is 6.46. The van der Waals surface area contributed by atoms with Gasteiger partial charge in [0.05, 0.1) is 5.57 Å². The van der Waals surface area contributed by atoms with E-state index in [1.54, 1.807) is 0 Å². The first-order valence-electron chi connectivity index (χ1n) is 8.58. The number of H-pyrrole nitrogens is 1. The van der Waals surface area contributed by atoms with Crippen LogP contribution in [0.1, 0.15) is 59.1 Å². The van der Waals surface area contributed by atoms with Crippen LogP contribution in [0.25, 0.3) is 11.6 Å². The number of anilines is 1. The Morgan fingerprint density at radius 1 is 1.17 bits per heavy atom. The Kier molecular flexibility index (Phi) is 3.60. The van der Waals surface area contributed by atoms with Gasteiger partial charge in [0.1, 0.15) is 0 Å². The van der Waals surface area contributed by atoms with Gasteiger partial charge in [-0.2, -0.15) is 0 Å². The number of amides is 1. The lowest BCUT2D eigenvalue weighted by Gasteiger charge is -2.11. The predicted octanol–water partition coefficient (Wildman–Crippen LogP) is 3.98. The largest absolute Gasteiger partial charge is 0.358 e. The highest BCUT2D eigenvalue weighted by molar-refractivity contribution is 6.34. The van der Waals surface area contributed by atoms with Gasteiger partial charge in [0.15, 0.2) is 5.78 Å². The summed E-state index contributed by atoms with van der Waals surface area (Å²) in [5.41, 5.74) is 6.33. The van der Waals surface area contributed by atoms with Crippen LogP contribution >= 0.6 is 0 Å². The zero-order valence-corrected chi connectivity index (χ0v) is 13.7. The number of aromatic amines is 1. The molecule has 122 valence electrons. The molecule has 1 aliphatic heterocycles. The van der Waals surface area contributed by atoms with Crippen LogP contribution in [-0.2, 0) is 17.6 Å². The molecule has 0 fully saturated rings. The molecule has 0 saturated heterocycles. The molecule has 0 unspecified atom stereocenters. The number of benzene rings is 1. The van der Waals surface area contributed by atoms with Crippen molar-refractivity contribution in [3.8, 4) is 0 Å². The molecule has 1 aromatic heterocycles. The van der Waals surface area contributed by atoms with E-state index in [0.717, 1.165) is 59.4 Å². The van der Waals surface area contributed by atoms with Gasteiger partial charge >= 0.3 is 0 Å². The van der Waals surface area contributed by atoms with E-state index in [1.807, 2.05) is 30.3 Å². The fourth-order valence-corrected chi connectivity index (χ4v) is 3.75. The minimum Gasteiger partial charge on any atom is -0.358 e. The van der Waals surface area contributed by atoms with Crippen molar-refractivity contribution in [1.82, 2.24) is 4.98 Å². The summed E-state index contributed by atoms with van der Waals surface area (Å²) < 4.78 is 0. The molecule has 0 saturated carbocycles. The molecule has 0 radical (unpaired) electrons. The third-order valence-electron chi connectivity index (χ3n) is 4.82. The summed E-state index contributed by atoms with van der Waals surface area (Å²) >= 11 is 0. The van der Waals surface area contributed by atoms with Crippen molar-refractivity contribution in [2.45, 2.75) is 39.0 Å². The number of carbonyl (C=O) groups is 2. The number of carbonyl (C=O) groups excluding carboxylic acids is 2. The fraction of sp³-hybridized carbons (Fsp3) is 0.300. The third kappa shape index (κ3) is 2.30. The summed E-state index contributed by atoms with van der Waals surface area (Å²) in [5.74, 6) is 0.148. The number of fused-ring (bicyclic) bond motifs is 2. The van der Waals surface area contributed by atoms with Crippen LogP contribution in [-0.4, -0.2) is 16.7 Å². The second-order valence-electron chi connectivity index (χ2n) is 6.46. The quantitative estimate of drug-likeness (QED) is 0.840. The molecule has 4 rings (SSSR count). The molecule has 0 bridgehead atoms. The molecule has 4 nitrogen and oxygen atoms in total. The minimum atomic E-state index is -0.0856. The number of rotatable bonds is 3. The molecule has 1 amide bonds. The Labute approximate surface area is 141 Å². The Balaban J connectivity index is 1.86. The van der Waals surface area contributed by atoms with E-state index in [-0.39, 0.29) is 11.7 Å². The van der Waals surface area contributed by atoms with Crippen LogP contribution in [0, 0.1) is 0 Å². The van der Waals surface area contributed by atoms with Crippen molar-refractivity contribution < 1.29 is 9.59 Å². The van der Waals surface area contributed by atoms with E-state index in [2.05, 4.69) is 17.2 Å². The summed E-state index contributed by atoms with van der Waals surface area (Å²) in [4.78, 5) is 28.1. The molecule has 2 heterocycles. The maximum Gasteiger partial charge on any atom is 0.256 e. The molecule has 24 heavy (non-hydrogen) atoms. The number of Topliss-reactive ketones (excluding diaryl/α,β-unsaturated/α-hetero) is 1. The lowest BCUT2D eigenvalue weighted by molar-refractivity contribution is -0.110. The number of hydrogen-bond acceptors (Lipinski definition) is 2. The van der Waals surface area contributed by atoms with Crippen LogP contribution in [0.2, 0.25) is 0 Å². The highest BCUT2D eigenvalue weighted by Gasteiger charge is 2.27. The van der Waals surface area contributed by atoms with E-state index in [1.165, 1.54) is 0 Å². The summed E-state index contributed by atoms with van der Waals surface area (Å²) in [6.45, 7) is 2.11. The predicted molar refractivity (Wildman–Crippen MR) is 95.0 cm³/mol. The summed E-state index contributed by atoms with van der Waals surface area (Å²) in [6.07, 6.45) is 6.16. The fourth-order valence-electron chi connectivity index (χ4n) is 3.75. The van der Waals surface area contributed by atoms with E-state index in [0.29, 0.717) is 12.0 Å². The number of para-hydroxylation sites is 1. The van der Waals surface area contributed by atoms with Crippen LogP contribution in [0.4, 0.5) is 5.69 Å². The van der Waals surface area contributed by atoms with Gasteiger partial charge in [0, 0.05) is 34.6 Å². The van der Waals surface area contributed by atoms with E-state index >= 15 is 0 Å². The summed E-state index contributed by atoms with van der Waals surface area (Å²) in [5, 5.41) is 2.90. The van der Waals surface area contributed by atoms with E-state index < -0.39 is 0 Å². The molecule has 0 atom stereocenters. The van der Waals surface area contributed by atoms with Crippen LogP contribution in [0.15, 0.2) is 24.3 Å². The van der Waals surface area contributed by atoms with Crippen LogP contribution in [0.3, 0.4) is 0 Å².